The van der Waals surface area contributed by atoms with Gasteiger partial charge in [0.05, 0.1) is 0 Å². The Hall–Kier alpha value is -3.71. The van der Waals surface area contributed by atoms with Crippen molar-refractivity contribution in [3.05, 3.63) is 103 Å². The first kappa shape index (κ1) is 20.2. The van der Waals surface area contributed by atoms with Crippen molar-refractivity contribution in [1.29, 1.82) is 0 Å². The zero-order valence-electron chi connectivity index (χ0n) is 17.3. The first-order valence-corrected chi connectivity index (χ1v) is 11.3. The van der Waals surface area contributed by atoms with E-state index in [2.05, 4.69) is 17.2 Å². The van der Waals surface area contributed by atoms with Crippen molar-refractivity contribution in [1.82, 2.24) is 10.3 Å². The maximum absolute atomic E-state index is 13.1. The van der Waals surface area contributed by atoms with Crippen LogP contribution in [0.5, 0.6) is 11.5 Å². The van der Waals surface area contributed by atoms with Gasteiger partial charge in [-0.2, -0.15) is 0 Å². The molecule has 0 radical (unpaired) electrons. The van der Waals surface area contributed by atoms with Crippen molar-refractivity contribution < 1.29 is 9.53 Å². The van der Waals surface area contributed by atoms with Crippen LogP contribution in [0.2, 0.25) is 0 Å². The lowest BCUT2D eigenvalue weighted by molar-refractivity contribution is -0.127. The van der Waals surface area contributed by atoms with Gasteiger partial charge >= 0.3 is 0 Å². The number of hydrazone groups is 1. The Morgan fingerprint density at radius 1 is 1.03 bits per heavy atom. The molecule has 2 unspecified atom stereocenters. The number of hydrogen-bond acceptors (Lipinski definition) is 6. The molecule has 0 fully saturated rings. The molecule has 0 saturated heterocycles. The van der Waals surface area contributed by atoms with Crippen LogP contribution in [0, 0.1) is 0 Å². The number of rotatable bonds is 5. The molecule has 3 aromatic carbocycles. The standard InChI is InChI=1S/C25H22N4O2S/c1-2-15-32-25-27-24(30)22-20-13-6-7-14-21(20)26-23(29(22)28-25)17-9-8-12-19(16-17)31-18-10-4-3-5-11-18/h2-14,16,22-23,26H,1,15H2,(H,27,28,30). The molecule has 0 saturated carbocycles. The van der Waals surface area contributed by atoms with Crippen molar-refractivity contribution in [2.75, 3.05) is 11.1 Å². The quantitative estimate of drug-likeness (QED) is 0.527. The van der Waals surface area contributed by atoms with Crippen LogP contribution in [-0.2, 0) is 4.79 Å². The van der Waals surface area contributed by atoms with Gasteiger partial charge in [-0.05, 0) is 35.9 Å². The Labute approximate surface area is 191 Å². The molecule has 0 aromatic heterocycles. The average molecular weight is 443 g/mol. The minimum atomic E-state index is -0.524. The number of hydrogen-bond donors (Lipinski definition) is 2. The largest absolute Gasteiger partial charge is 0.457 e. The van der Waals surface area contributed by atoms with Gasteiger partial charge in [0.15, 0.2) is 11.2 Å². The van der Waals surface area contributed by atoms with Crippen molar-refractivity contribution in [3.8, 4) is 11.5 Å². The van der Waals surface area contributed by atoms with E-state index in [1.165, 1.54) is 11.8 Å². The number of nitrogens with zero attached hydrogens (tertiary/aromatic N) is 2. The summed E-state index contributed by atoms with van der Waals surface area (Å²) in [5, 5.41) is 13.7. The lowest BCUT2D eigenvalue weighted by Crippen LogP contribution is -2.50. The maximum Gasteiger partial charge on any atom is 0.255 e. The zero-order valence-corrected chi connectivity index (χ0v) is 18.1. The molecular weight excluding hydrogens is 420 g/mol. The number of fused-ring (bicyclic) bond motifs is 3. The van der Waals surface area contributed by atoms with Gasteiger partial charge in [-0.15, -0.1) is 11.7 Å². The minimum Gasteiger partial charge on any atom is -0.457 e. The molecule has 160 valence electrons. The van der Waals surface area contributed by atoms with E-state index >= 15 is 0 Å². The Morgan fingerprint density at radius 3 is 2.66 bits per heavy atom. The summed E-state index contributed by atoms with van der Waals surface area (Å²) in [6.45, 7) is 3.75. The molecule has 2 N–H and O–H groups in total. The van der Waals surface area contributed by atoms with E-state index in [1.807, 2.05) is 83.9 Å². The fraction of sp³-hybridized carbons (Fsp3) is 0.120. The number of anilines is 1. The molecule has 5 rings (SSSR count). The first-order chi connectivity index (χ1) is 15.7. The lowest BCUT2D eigenvalue weighted by Gasteiger charge is -2.43. The maximum atomic E-state index is 13.1. The van der Waals surface area contributed by atoms with Crippen molar-refractivity contribution in [2.24, 2.45) is 5.10 Å². The molecule has 32 heavy (non-hydrogen) atoms. The summed E-state index contributed by atoms with van der Waals surface area (Å²) in [6, 6.07) is 24.8. The third-order valence-corrected chi connectivity index (χ3v) is 6.11. The smallest absolute Gasteiger partial charge is 0.255 e. The highest BCUT2D eigenvalue weighted by atomic mass is 32.2. The summed E-state index contributed by atoms with van der Waals surface area (Å²) in [5.41, 5.74) is 2.76. The SMILES string of the molecule is C=CCSC1=NN2C(c3cccc(Oc4ccccc4)c3)Nc3ccccc3C2C(=O)N1. The average Bonchev–Trinajstić information content (AvgIpc) is 2.83. The molecule has 7 heteroatoms. The summed E-state index contributed by atoms with van der Waals surface area (Å²) in [7, 11) is 0. The molecule has 2 atom stereocenters. The van der Waals surface area contributed by atoms with Crippen molar-refractivity contribution in [2.45, 2.75) is 12.2 Å². The van der Waals surface area contributed by atoms with Crippen LogP contribution in [0.3, 0.4) is 0 Å². The highest BCUT2D eigenvalue weighted by molar-refractivity contribution is 8.14. The van der Waals surface area contributed by atoms with Gasteiger partial charge in [-0.25, -0.2) is 0 Å². The van der Waals surface area contributed by atoms with Crippen LogP contribution in [-0.4, -0.2) is 21.8 Å². The van der Waals surface area contributed by atoms with Gasteiger partial charge in [-0.3, -0.25) is 9.80 Å². The third-order valence-electron chi connectivity index (χ3n) is 5.25. The number of benzene rings is 3. The Balaban J connectivity index is 1.53. The van der Waals surface area contributed by atoms with Gasteiger partial charge in [0, 0.05) is 17.0 Å². The number of ether oxygens (including phenoxy) is 1. The van der Waals surface area contributed by atoms with Crippen LogP contribution in [0.25, 0.3) is 0 Å². The van der Waals surface area contributed by atoms with Crippen molar-refractivity contribution >= 4 is 28.5 Å². The minimum absolute atomic E-state index is 0.0952. The Bertz CT molecular complexity index is 1180. The van der Waals surface area contributed by atoms with E-state index in [0.29, 0.717) is 10.9 Å². The van der Waals surface area contributed by atoms with Crippen LogP contribution < -0.4 is 15.4 Å². The van der Waals surface area contributed by atoms with Crippen molar-refractivity contribution in [3.63, 3.8) is 0 Å². The fourth-order valence-corrected chi connectivity index (χ4v) is 4.46. The van der Waals surface area contributed by atoms with E-state index in [9.17, 15) is 4.79 Å². The van der Waals surface area contributed by atoms with Crippen LogP contribution in [0.4, 0.5) is 5.69 Å². The van der Waals surface area contributed by atoms with Crippen LogP contribution in [0.1, 0.15) is 23.3 Å². The van der Waals surface area contributed by atoms with Gasteiger partial charge in [0.1, 0.15) is 17.7 Å². The Morgan fingerprint density at radius 2 is 1.81 bits per heavy atom. The number of carbonyl (C=O) groups is 1. The summed E-state index contributed by atoms with van der Waals surface area (Å²) in [5.74, 6) is 2.05. The number of nitrogens with one attached hydrogen (secondary N) is 2. The molecule has 1 amide bonds. The van der Waals surface area contributed by atoms with Crippen LogP contribution >= 0.6 is 11.8 Å². The number of carbonyl (C=O) groups excluding carboxylic acids is 1. The highest BCUT2D eigenvalue weighted by Gasteiger charge is 2.42. The second-order valence-electron chi connectivity index (χ2n) is 7.40. The monoisotopic (exact) mass is 442 g/mol. The number of amidine groups is 1. The summed E-state index contributed by atoms with van der Waals surface area (Å²) in [6.07, 6.45) is 1.46. The van der Waals surface area contributed by atoms with Gasteiger partial charge in [-0.1, -0.05) is 66.4 Å². The molecule has 2 heterocycles. The zero-order chi connectivity index (χ0) is 21.9. The predicted molar refractivity (Wildman–Crippen MR) is 129 cm³/mol. The molecule has 2 aliphatic heterocycles. The summed E-state index contributed by atoms with van der Waals surface area (Å²) < 4.78 is 6.03. The van der Waals surface area contributed by atoms with E-state index in [1.54, 1.807) is 6.08 Å². The van der Waals surface area contributed by atoms with Gasteiger partial charge in [0.2, 0.25) is 0 Å². The number of amides is 1. The normalized spacial score (nSPS) is 19.1. The predicted octanol–water partition coefficient (Wildman–Crippen LogP) is 5.27. The Kier molecular flexibility index (Phi) is 5.56. The number of thioether (sulfide) groups is 1. The second-order valence-corrected chi connectivity index (χ2v) is 8.41. The topological polar surface area (TPSA) is 66.0 Å². The van der Waals surface area contributed by atoms with Gasteiger partial charge < -0.3 is 15.4 Å². The van der Waals surface area contributed by atoms with E-state index in [0.717, 1.165) is 28.3 Å². The van der Waals surface area contributed by atoms with Crippen LogP contribution in [0.15, 0.2) is 96.6 Å². The number of para-hydroxylation sites is 2. The van der Waals surface area contributed by atoms with E-state index in [-0.39, 0.29) is 12.1 Å². The highest BCUT2D eigenvalue weighted by Crippen LogP contribution is 2.43. The molecular formula is C25H22N4O2S. The molecule has 0 spiro atoms. The van der Waals surface area contributed by atoms with E-state index < -0.39 is 6.04 Å². The van der Waals surface area contributed by atoms with E-state index in [4.69, 9.17) is 9.84 Å². The van der Waals surface area contributed by atoms with Gasteiger partial charge in [0.25, 0.3) is 5.91 Å². The molecule has 2 aliphatic rings. The summed E-state index contributed by atoms with van der Waals surface area (Å²) in [4.78, 5) is 13.1. The lowest BCUT2D eigenvalue weighted by atomic mass is 9.97. The molecule has 6 nitrogen and oxygen atoms in total. The second kappa shape index (κ2) is 8.80. The third kappa shape index (κ3) is 3.94. The molecule has 0 aliphatic carbocycles. The first-order valence-electron chi connectivity index (χ1n) is 10.3. The molecule has 3 aromatic rings. The summed E-state index contributed by atoms with van der Waals surface area (Å²) >= 11 is 1.45. The fourth-order valence-electron chi connectivity index (χ4n) is 3.86. The molecule has 0 bridgehead atoms.